The zero-order chi connectivity index (χ0) is 28.4. The van der Waals surface area contributed by atoms with E-state index in [1.165, 1.54) is 35.6 Å². The highest BCUT2D eigenvalue weighted by atomic mass is 32.2. The average molecular weight is 569 g/mol. The SMILES string of the molecule is CCN(CC)CCN(C(=O)c1ccc(S(=O)(=O)N(CCC#N)CCC#N)cc1)c1nc2cc(OC)ccc2s1. The monoisotopic (exact) mass is 568 g/mol. The van der Waals surface area contributed by atoms with Gasteiger partial charge >= 0.3 is 0 Å². The summed E-state index contributed by atoms with van der Waals surface area (Å²) in [5.41, 5.74) is 1.05. The predicted octanol–water partition coefficient (Wildman–Crippen LogP) is 4.11. The lowest BCUT2D eigenvalue weighted by atomic mass is 10.2. The standard InChI is InChI=1S/C27H32N6O4S2/c1-4-31(5-2)18-19-33(27-30-24-20-22(37-3)10-13-25(24)38-27)26(34)21-8-11-23(12-9-21)39(35,36)32(16-6-14-28)17-7-15-29/h8-13,20H,4-7,16-19H2,1-3H3. The second kappa shape index (κ2) is 14.0. The van der Waals surface area contributed by atoms with Gasteiger partial charge in [-0.2, -0.15) is 14.8 Å². The normalized spacial score (nSPS) is 11.5. The van der Waals surface area contributed by atoms with Crippen molar-refractivity contribution in [1.82, 2.24) is 14.2 Å². The number of sulfonamides is 1. The van der Waals surface area contributed by atoms with E-state index in [0.29, 0.717) is 29.5 Å². The van der Waals surface area contributed by atoms with Crippen molar-refractivity contribution in [2.75, 3.05) is 51.3 Å². The largest absolute Gasteiger partial charge is 0.497 e. The Bertz CT molecular complexity index is 1440. The first-order valence-corrected chi connectivity index (χ1v) is 14.9. The molecule has 0 aliphatic heterocycles. The molecule has 0 fully saturated rings. The predicted molar refractivity (Wildman–Crippen MR) is 151 cm³/mol. The number of rotatable bonds is 14. The highest BCUT2D eigenvalue weighted by Gasteiger charge is 2.26. The third-order valence-corrected chi connectivity index (χ3v) is 9.25. The summed E-state index contributed by atoms with van der Waals surface area (Å²) in [5, 5.41) is 18.4. The number of fused-ring (bicyclic) bond motifs is 1. The number of methoxy groups -OCH3 is 1. The third-order valence-electron chi connectivity index (χ3n) is 6.28. The van der Waals surface area contributed by atoms with Crippen LogP contribution in [0.5, 0.6) is 5.75 Å². The summed E-state index contributed by atoms with van der Waals surface area (Å²) in [6, 6.07) is 15.2. The van der Waals surface area contributed by atoms with Gasteiger partial charge in [0.15, 0.2) is 5.13 Å². The maximum atomic E-state index is 13.7. The summed E-state index contributed by atoms with van der Waals surface area (Å²) in [6.07, 6.45) is 0.0214. The highest BCUT2D eigenvalue weighted by Crippen LogP contribution is 2.32. The van der Waals surface area contributed by atoms with Gasteiger partial charge in [-0.25, -0.2) is 13.4 Å². The Morgan fingerprint density at radius 2 is 1.62 bits per heavy atom. The van der Waals surface area contributed by atoms with Crippen molar-refractivity contribution < 1.29 is 17.9 Å². The average Bonchev–Trinajstić information content (AvgIpc) is 3.38. The number of likely N-dealkylation sites (N-methyl/N-ethyl adjacent to an activating group) is 1. The summed E-state index contributed by atoms with van der Waals surface area (Å²) in [5.74, 6) is 0.388. The molecule has 0 saturated heterocycles. The van der Waals surface area contributed by atoms with Crippen molar-refractivity contribution in [2.24, 2.45) is 0 Å². The molecule has 0 bridgehead atoms. The van der Waals surface area contributed by atoms with Gasteiger partial charge in [0.2, 0.25) is 10.0 Å². The second-order valence-electron chi connectivity index (χ2n) is 8.56. The molecular formula is C27H32N6O4S2. The first-order chi connectivity index (χ1) is 18.8. The number of nitriles is 2. The van der Waals surface area contributed by atoms with Gasteiger partial charge in [-0.15, -0.1) is 0 Å². The van der Waals surface area contributed by atoms with Gasteiger partial charge in [0, 0.05) is 50.7 Å². The van der Waals surface area contributed by atoms with Gasteiger partial charge in [0.1, 0.15) is 5.75 Å². The Labute approximate surface area is 233 Å². The first-order valence-electron chi connectivity index (χ1n) is 12.6. The number of nitrogens with zero attached hydrogens (tertiary/aromatic N) is 6. The van der Waals surface area contributed by atoms with Gasteiger partial charge in [-0.05, 0) is 49.5 Å². The molecule has 206 valence electrons. The van der Waals surface area contributed by atoms with Gasteiger partial charge < -0.3 is 9.64 Å². The van der Waals surface area contributed by atoms with Gasteiger partial charge in [0.05, 0.1) is 34.4 Å². The van der Waals surface area contributed by atoms with E-state index in [-0.39, 0.29) is 36.7 Å². The Morgan fingerprint density at radius 3 is 2.18 bits per heavy atom. The minimum atomic E-state index is -3.94. The van der Waals surface area contributed by atoms with Crippen LogP contribution >= 0.6 is 11.3 Å². The van der Waals surface area contributed by atoms with E-state index in [4.69, 9.17) is 20.2 Å². The number of amides is 1. The fourth-order valence-corrected chi connectivity index (χ4v) is 6.39. The molecule has 0 radical (unpaired) electrons. The number of carbonyl (C=O) groups excluding carboxylic acids is 1. The molecule has 1 amide bonds. The summed E-state index contributed by atoms with van der Waals surface area (Å²) >= 11 is 1.41. The molecule has 1 aromatic heterocycles. The second-order valence-corrected chi connectivity index (χ2v) is 11.5. The number of hydrogen-bond acceptors (Lipinski definition) is 9. The van der Waals surface area contributed by atoms with Gasteiger partial charge in [0.25, 0.3) is 5.91 Å². The summed E-state index contributed by atoms with van der Waals surface area (Å²) < 4.78 is 33.7. The molecule has 2 aromatic carbocycles. The lowest BCUT2D eigenvalue weighted by Crippen LogP contribution is -2.39. The zero-order valence-electron chi connectivity index (χ0n) is 22.3. The van der Waals surface area contributed by atoms with E-state index >= 15 is 0 Å². The number of hydrogen-bond donors (Lipinski definition) is 0. The molecule has 0 spiro atoms. The number of ether oxygens (including phenoxy) is 1. The van der Waals surface area contributed by atoms with Gasteiger partial charge in [-0.1, -0.05) is 25.2 Å². The molecule has 0 atom stereocenters. The van der Waals surface area contributed by atoms with Crippen molar-refractivity contribution in [3.63, 3.8) is 0 Å². The Balaban J connectivity index is 1.92. The fourth-order valence-electron chi connectivity index (χ4n) is 3.98. The molecule has 3 rings (SSSR count). The van der Waals surface area contributed by atoms with E-state index < -0.39 is 10.0 Å². The van der Waals surface area contributed by atoms with Crippen LogP contribution in [0.15, 0.2) is 47.4 Å². The van der Waals surface area contributed by atoms with Crippen LogP contribution in [-0.4, -0.2) is 74.9 Å². The van der Waals surface area contributed by atoms with E-state index in [1.54, 1.807) is 12.0 Å². The third kappa shape index (κ3) is 7.31. The van der Waals surface area contributed by atoms with E-state index in [0.717, 1.165) is 27.6 Å². The van der Waals surface area contributed by atoms with Crippen LogP contribution in [-0.2, 0) is 10.0 Å². The maximum absolute atomic E-state index is 13.7. The Hall–Kier alpha value is -3.55. The molecule has 0 N–H and O–H groups in total. The number of aromatic nitrogens is 1. The molecule has 3 aromatic rings. The maximum Gasteiger partial charge on any atom is 0.260 e. The van der Waals surface area contributed by atoms with E-state index in [1.807, 2.05) is 30.3 Å². The van der Waals surface area contributed by atoms with Crippen LogP contribution in [0, 0.1) is 22.7 Å². The smallest absolute Gasteiger partial charge is 0.260 e. The van der Waals surface area contributed by atoms with Crippen LogP contribution in [0.3, 0.4) is 0 Å². The van der Waals surface area contributed by atoms with Crippen molar-refractivity contribution >= 4 is 42.6 Å². The first kappa shape index (κ1) is 30.0. The zero-order valence-corrected chi connectivity index (χ0v) is 24.0. The van der Waals surface area contributed by atoms with Crippen LogP contribution < -0.4 is 9.64 Å². The van der Waals surface area contributed by atoms with E-state index in [2.05, 4.69) is 18.7 Å². The minimum Gasteiger partial charge on any atom is -0.497 e. The molecule has 10 nitrogen and oxygen atoms in total. The van der Waals surface area contributed by atoms with Gasteiger partial charge in [-0.3, -0.25) is 9.69 Å². The van der Waals surface area contributed by atoms with Crippen molar-refractivity contribution in [1.29, 1.82) is 10.5 Å². The number of anilines is 1. The van der Waals surface area contributed by atoms with Crippen LogP contribution in [0.2, 0.25) is 0 Å². The number of benzene rings is 2. The van der Waals surface area contributed by atoms with Crippen LogP contribution in [0.25, 0.3) is 10.2 Å². The quantitative estimate of drug-likeness (QED) is 0.284. The molecule has 0 aliphatic carbocycles. The molecule has 0 aliphatic rings. The molecule has 12 heteroatoms. The number of carbonyl (C=O) groups is 1. The fraction of sp³-hybridized carbons (Fsp3) is 0.407. The Kier molecular flexibility index (Phi) is 10.8. The Morgan fingerprint density at radius 1 is 0.974 bits per heavy atom. The topological polar surface area (TPSA) is 131 Å². The lowest BCUT2D eigenvalue weighted by Gasteiger charge is -2.25. The molecule has 39 heavy (non-hydrogen) atoms. The molecule has 0 saturated carbocycles. The molecular weight excluding hydrogens is 536 g/mol. The summed E-state index contributed by atoms with van der Waals surface area (Å²) in [6.45, 7) is 6.85. The van der Waals surface area contributed by atoms with Crippen LogP contribution in [0.4, 0.5) is 5.13 Å². The molecule has 0 unspecified atom stereocenters. The van der Waals surface area contributed by atoms with Crippen molar-refractivity contribution in [3.8, 4) is 17.9 Å². The van der Waals surface area contributed by atoms with Crippen molar-refractivity contribution in [3.05, 3.63) is 48.0 Å². The number of thiazole rings is 1. The van der Waals surface area contributed by atoms with Crippen LogP contribution in [0.1, 0.15) is 37.0 Å². The minimum absolute atomic E-state index is 0.00305. The molecule has 1 heterocycles. The van der Waals surface area contributed by atoms with E-state index in [9.17, 15) is 13.2 Å². The summed E-state index contributed by atoms with van der Waals surface area (Å²) in [7, 11) is -2.35. The summed E-state index contributed by atoms with van der Waals surface area (Å²) in [4.78, 5) is 22.3. The highest BCUT2D eigenvalue weighted by molar-refractivity contribution is 7.89. The lowest BCUT2D eigenvalue weighted by molar-refractivity contribution is 0.0983. The van der Waals surface area contributed by atoms with Crippen molar-refractivity contribution in [2.45, 2.75) is 31.6 Å².